The van der Waals surface area contributed by atoms with Gasteiger partial charge in [-0.15, -0.1) is 0 Å². The van der Waals surface area contributed by atoms with Crippen LogP contribution in [-0.4, -0.2) is 79.2 Å². The number of likely N-dealkylation sites (tertiary alicyclic amines) is 2. The summed E-state index contributed by atoms with van der Waals surface area (Å²) in [6.07, 6.45) is 2.11. The summed E-state index contributed by atoms with van der Waals surface area (Å²) >= 11 is 0. The van der Waals surface area contributed by atoms with Crippen molar-refractivity contribution in [3.05, 3.63) is 0 Å². The fraction of sp³-hybridized carbons (Fsp3) is 0.733. The lowest BCUT2D eigenvalue weighted by atomic mass is 10.2. The Hall–Kier alpha value is -2.17. The van der Waals surface area contributed by atoms with E-state index in [1.807, 2.05) is 6.92 Å². The highest BCUT2D eigenvalue weighted by molar-refractivity contribution is 7.90. The third-order valence-electron chi connectivity index (χ3n) is 4.49. The van der Waals surface area contributed by atoms with Crippen LogP contribution in [0, 0.1) is 5.92 Å². The van der Waals surface area contributed by atoms with Gasteiger partial charge in [0.25, 0.3) is 0 Å². The van der Waals surface area contributed by atoms with Crippen molar-refractivity contribution in [2.24, 2.45) is 11.7 Å². The number of nitrogens with one attached hydrogen (secondary N) is 1. The van der Waals surface area contributed by atoms with Gasteiger partial charge in [0.15, 0.2) is 0 Å². The first-order valence-electron chi connectivity index (χ1n) is 8.38. The monoisotopic (exact) mass is 388 g/mol. The Balaban J connectivity index is 2.18. The first-order valence-corrected chi connectivity index (χ1v) is 10.4. The van der Waals surface area contributed by atoms with Gasteiger partial charge >= 0.3 is 6.03 Å². The Labute approximate surface area is 152 Å². The molecular formula is C15H24N4O6S. The molecule has 5 amide bonds. The third-order valence-corrected chi connectivity index (χ3v) is 5.43. The Morgan fingerprint density at radius 3 is 2.50 bits per heavy atom. The molecule has 0 radical (unpaired) electrons. The Kier molecular flexibility index (Phi) is 5.89. The van der Waals surface area contributed by atoms with E-state index in [0.717, 1.165) is 11.2 Å². The molecule has 2 aliphatic rings. The maximum atomic E-state index is 12.8. The normalized spacial score (nSPS) is 24.6. The smallest absolute Gasteiger partial charge is 0.324 e. The zero-order valence-electron chi connectivity index (χ0n) is 14.8. The van der Waals surface area contributed by atoms with Crippen LogP contribution in [0.5, 0.6) is 0 Å². The highest BCUT2D eigenvalue weighted by atomic mass is 32.2. The number of amides is 5. The van der Waals surface area contributed by atoms with Crippen molar-refractivity contribution < 1.29 is 27.6 Å². The van der Waals surface area contributed by atoms with Crippen LogP contribution in [0.25, 0.3) is 0 Å². The van der Waals surface area contributed by atoms with E-state index in [1.54, 1.807) is 0 Å². The number of urea groups is 1. The summed E-state index contributed by atoms with van der Waals surface area (Å²) in [5, 5.41) is 2.35. The molecule has 0 aromatic rings. The van der Waals surface area contributed by atoms with Gasteiger partial charge in [-0.2, -0.15) is 0 Å². The molecule has 0 spiro atoms. The van der Waals surface area contributed by atoms with E-state index >= 15 is 0 Å². The van der Waals surface area contributed by atoms with E-state index in [-0.39, 0.29) is 31.3 Å². The second-order valence-electron chi connectivity index (χ2n) is 7.00. The van der Waals surface area contributed by atoms with E-state index in [0.29, 0.717) is 12.8 Å². The lowest BCUT2D eigenvalue weighted by molar-refractivity contribution is -0.138. The molecule has 10 nitrogen and oxygen atoms in total. The fourth-order valence-corrected chi connectivity index (χ4v) is 4.14. The summed E-state index contributed by atoms with van der Waals surface area (Å²) in [6, 6.07) is -3.02. The summed E-state index contributed by atoms with van der Waals surface area (Å²) in [6.45, 7) is 2.27. The second-order valence-corrected chi connectivity index (χ2v) is 9.18. The van der Waals surface area contributed by atoms with Crippen molar-refractivity contribution >= 4 is 33.6 Å². The molecular weight excluding hydrogens is 364 g/mol. The van der Waals surface area contributed by atoms with Crippen LogP contribution >= 0.6 is 0 Å². The minimum atomic E-state index is -3.61. The Morgan fingerprint density at radius 2 is 2.00 bits per heavy atom. The predicted octanol–water partition coefficient (Wildman–Crippen LogP) is -1.55. The Morgan fingerprint density at radius 1 is 1.35 bits per heavy atom. The van der Waals surface area contributed by atoms with Gasteiger partial charge in [0.2, 0.25) is 17.7 Å². The van der Waals surface area contributed by atoms with Crippen LogP contribution in [0.2, 0.25) is 0 Å². The van der Waals surface area contributed by atoms with Crippen molar-refractivity contribution in [2.45, 2.75) is 38.3 Å². The van der Waals surface area contributed by atoms with Gasteiger partial charge in [0, 0.05) is 25.8 Å². The van der Waals surface area contributed by atoms with Crippen molar-refractivity contribution in [1.82, 2.24) is 15.1 Å². The number of carbonyl (C=O) groups is 4. The Bertz CT molecular complexity index is 722. The number of hydrogen-bond donors (Lipinski definition) is 2. The third kappa shape index (κ3) is 4.71. The number of carbonyl (C=O) groups excluding carboxylic acids is 4. The van der Waals surface area contributed by atoms with Gasteiger partial charge < -0.3 is 16.0 Å². The first-order chi connectivity index (χ1) is 12.0. The molecule has 3 atom stereocenters. The molecule has 0 aromatic heterocycles. The molecule has 11 heteroatoms. The molecule has 0 aromatic carbocycles. The zero-order valence-corrected chi connectivity index (χ0v) is 15.6. The highest BCUT2D eigenvalue weighted by Crippen LogP contribution is 2.20. The molecule has 146 valence electrons. The van der Waals surface area contributed by atoms with Gasteiger partial charge in [-0.1, -0.05) is 6.92 Å². The summed E-state index contributed by atoms with van der Waals surface area (Å²) in [4.78, 5) is 50.7. The summed E-state index contributed by atoms with van der Waals surface area (Å²) in [5.74, 6) is -2.38. The van der Waals surface area contributed by atoms with Gasteiger partial charge in [-0.05, 0) is 18.8 Å². The number of imide groups is 1. The van der Waals surface area contributed by atoms with Crippen molar-refractivity contribution in [3.8, 4) is 0 Å². The first kappa shape index (κ1) is 20.1. The molecule has 0 bridgehead atoms. The number of sulfone groups is 1. The molecule has 1 unspecified atom stereocenters. The van der Waals surface area contributed by atoms with Crippen LogP contribution < -0.4 is 11.1 Å². The maximum Gasteiger partial charge on any atom is 0.324 e. The SMILES string of the molecule is CC1CC(=O)N(C(=O)N[C@H](CS(C)(=O)=O)C(=O)N2CCC[C@H]2C(N)=O)C1. The van der Waals surface area contributed by atoms with E-state index in [4.69, 9.17) is 5.73 Å². The molecule has 0 saturated carbocycles. The molecule has 3 N–H and O–H groups in total. The number of hydrogen-bond acceptors (Lipinski definition) is 6. The van der Waals surface area contributed by atoms with Crippen LogP contribution in [0.15, 0.2) is 0 Å². The largest absolute Gasteiger partial charge is 0.368 e. The van der Waals surface area contributed by atoms with E-state index in [1.165, 1.54) is 4.90 Å². The van der Waals surface area contributed by atoms with Gasteiger partial charge in [-0.25, -0.2) is 13.2 Å². The second kappa shape index (κ2) is 7.60. The standard InChI is InChI=1S/C15H24N4O6S/c1-9-6-12(20)19(7-9)15(23)17-10(8-26(2,24)25)14(22)18-5-3-4-11(18)13(16)21/h9-11H,3-8H2,1-2H3,(H2,16,21)(H,17,23)/t9?,10-,11+/m1/s1. The van der Waals surface area contributed by atoms with Crippen molar-refractivity contribution in [3.63, 3.8) is 0 Å². The molecule has 2 fully saturated rings. The number of nitrogens with zero attached hydrogens (tertiary/aromatic N) is 2. The molecule has 2 aliphatic heterocycles. The summed E-state index contributed by atoms with van der Waals surface area (Å²) in [7, 11) is -3.61. The lowest BCUT2D eigenvalue weighted by Gasteiger charge is -2.28. The minimum absolute atomic E-state index is 0.00451. The fourth-order valence-electron chi connectivity index (χ4n) is 3.31. The molecule has 2 saturated heterocycles. The van der Waals surface area contributed by atoms with Crippen LogP contribution in [0.3, 0.4) is 0 Å². The van der Waals surface area contributed by atoms with Crippen LogP contribution in [0.1, 0.15) is 26.2 Å². The molecule has 2 heterocycles. The molecule has 26 heavy (non-hydrogen) atoms. The predicted molar refractivity (Wildman–Crippen MR) is 91.5 cm³/mol. The molecule has 0 aliphatic carbocycles. The lowest BCUT2D eigenvalue weighted by Crippen LogP contribution is -2.57. The van der Waals surface area contributed by atoms with E-state index in [9.17, 15) is 27.6 Å². The van der Waals surface area contributed by atoms with Crippen molar-refractivity contribution in [1.29, 1.82) is 0 Å². The topological polar surface area (TPSA) is 147 Å². The van der Waals surface area contributed by atoms with Crippen molar-refractivity contribution in [2.75, 3.05) is 25.1 Å². The number of rotatable bonds is 5. The quantitative estimate of drug-likeness (QED) is 0.583. The maximum absolute atomic E-state index is 12.8. The van der Waals surface area contributed by atoms with E-state index in [2.05, 4.69) is 5.32 Å². The van der Waals surface area contributed by atoms with E-state index < -0.39 is 45.5 Å². The highest BCUT2D eigenvalue weighted by Gasteiger charge is 2.39. The average molecular weight is 388 g/mol. The zero-order chi connectivity index (χ0) is 19.6. The number of nitrogens with two attached hydrogens (primary N) is 1. The van der Waals surface area contributed by atoms with Gasteiger partial charge in [0.1, 0.15) is 21.9 Å². The summed E-state index contributed by atoms with van der Waals surface area (Å²) in [5.41, 5.74) is 5.30. The average Bonchev–Trinajstić information content (AvgIpc) is 3.10. The number of primary amides is 1. The molecule has 2 rings (SSSR count). The van der Waals surface area contributed by atoms with Gasteiger partial charge in [0.05, 0.1) is 5.75 Å². The van der Waals surface area contributed by atoms with Crippen LogP contribution in [-0.2, 0) is 24.2 Å². The minimum Gasteiger partial charge on any atom is -0.368 e. The van der Waals surface area contributed by atoms with Gasteiger partial charge in [-0.3, -0.25) is 19.3 Å². The van der Waals surface area contributed by atoms with Crippen LogP contribution in [0.4, 0.5) is 4.79 Å². The summed E-state index contributed by atoms with van der Waals surface area (Å²) < 4.78 is 23.4.